The van der Waals surface area contributed by atoms with E-state index in [1.165, 1.54) is 12.1 Å². The Bertz CT molecular complexity index is 908. The van der Waals surface area contributed by atoms with Gasteiger partial charge in [0.2, 0.25) is 0 Å². The second kappa shape index (κ2) is 6.96. The molecule has 0 aliphatic heterocycles. The summed E-state index contributed by atoms with van der Waals surface area (Å²) in [6.45, 7) is 3.20. The van der Waals surface area contributed by atoms with Crippen LogP contribution in [0.2, 0.25) is 0 Å². The van der Waals surface area contributed by atoms with Crippen molar-refractivity contribution in [2.75, 3.05) is 0 Å². The molecule has 1 aliphatic carbocycles. The predicted molar refractivity (Wildman–Crippen MR) is 97.6 cm³/mol. The summed E-state index contributed by atoms with van der Waals surface area (Å²) in [6, 6.07) is 4.43. The number of alkyl halides is 2. The van der Waals surface area contributed by atoms with Crippen LogP contribution in [0.4, 0.5) is 5.69 Å². The highest BCUT2D eigenvalue weighted by atomic mass is 79.9. The van der Waals surface area contributed by atoms with Crippen LogP contribution in [0, 0.1) is 10.1 Å². The molecule has 0 bridgehead atoms. The van der Waals surface area contributed by atoms with Crippen molar-refractivity contribution < 1.29 is 22.4 Å². The van der Waals surface area contributed by atoms with E-state index in [-0.39, 0.29) is 17.2 Å². The summed E-state index contributed by atoms with van der Waals surface area (Å²) < 4.78 is 28.1. The molecule has 0 N–H and O–H groups in total. The largest absolute Gasteiger partial charge is 0.358 e. The molecular formula is C14H12Br2N2O6S. The molecule has 8 nitrogen and oxygen atoms in total. The standard InChI is InChI=1S/C14H12Br2N2O6S/c1-8-6-11(12(15)14(2,16)13(8)19)17-24-25(22,23)10-5-3-4-9(7-10)18(20)21/h3-7,12H,1-2H3/b17-11+. The zero-order chi connectivity index (χ0) is 19.0. The van der Waals surface area contributed by atoms with Gasteiger partial charge in [-0.3, -0.25) is 19.2 Å². The molecule has 0 amide bonds. The topological polar surface area (TPSA) is 116 Å². The minimum absolute atomic E-state index is 0.171. The average molecular weight is 496 g/mol. The second-order valence-corrected chi connectivity index (χ2v) is 9.49. The van der Waals surface area contributed by atoms with E-state index >= 15 is 0 Å². The number of carbonyl (C=O) groups is 1. The van der Waals surface area contributed by atoms with Crippen LogP contribution in [0.5, 0.6) is 0 Å². The van der Waals surface area contributed by atoms with Crippen molar-refractivity contribution in [2.45, 2.75) is 27.9 Å². The van der Waals surface area contributed by atoms with Crippen LogP contribution >= 0.6 is 31.9 Å². The highest BCUT2D eigenvalue weighted by Crippen LogP contribution is 2.36. The maximum atomic E-state index is 12.2. The van der Waals surface area contributed by atoms with Crippen molar-refractivity contribution in [3.8, 4) is 0 Å². The van der Waals surface area contributed by atoms with Gasteiger partial charge in [-0.2, -0.15) is 8.42 Å². The maximum Gasteiger partial charge on any atom is 0.358 e. The number of allylic oxidation sites excluding steroid dienone is 2. The Kier molecular flexibility index (Phi) is 5.50. The zero-order valence-corrected chi connectivity index (χ0v) is 17.0. The molecule has 2 unspecified atom stereocenters. The SMILES string of the molecule is CC1=C/C(=N\OS(=O)(=O)c2cccc([N+](=O)[O-])c2)C(Br)C(C)(Br)C1=O. The number of rotatable bonds is 4. The highest BCUT2D eigenvalue weighted by Gasteiger charge is 2.44. The first-order valence-electron chi connectivity index (χ1n) is 6.79. The normalized spacial score (nSPS) is 25.6. The number of ketones is 1. The Morgan fingerprint density at radius 1 is 1.40 bits per heavy atom. The summed E-state index contributed by atoms with van der Waals surface area (Å²) in [6.07, 6.45) is 1.41. The molecule has 0 saturated carbocycles. The van der Waals surface area contributed by atoms with Crippen LogP contribution in [0.25, 0.3) is 0 Å². The van der Waals surface area contributed by atoms with Gasteiger partial charge in [0.1, 0.15) is 9.22 Å². The van der Waals surface area contributed by atoms with Gasteiger partial charge in [-0.1, -0.05) is 43.1 Å². The number of nitrogens with zero attached hydrogens (tertiary/aromatic N) is 2. The Hall–Kier alpha value is -1.59. The molecule has 1 aromatic rings. The zero-order valence-electron chi connectivity index (χ0n) is 13.0. The molecular weight excluding hydrogens is 484 g/mol. The average Bonchev–Trinajstić information content (AvgIpc) is 2.55. The first-order valence-corrected chi connectivity index (χ1v) is 9.90. The number of hydrogen-bond acceptors (Lipinski definition) is 7. The summed E-state index contributed by atoms with van der Waals surface area (Å²) in [5.41, 5.74) is 0.179. The third-order valence-corrected chi connectivity index (χ3v) is 7.38. The number of halogens is 2. The minimum atomic E-state index is -4.35. The fourth-order valence-corrected chi connectivity index (χ4v) is 3.85. The minimum Gasteiger partial charge on any atom is -0.293 e. The molecule has 25 heavy (non-hydrogen) atoms. The van der Waals surface area contributed by atoms with Crippen molar-refractivity contribution >= 4 is 59.2 Å². The molecule has 0 fully saturated rings. The molecule has 0 saturated heterocycles. The number of carbonyl (C=O) groups excluding carboxylic acids is 1. The van der Waals surface area contributed by atoms with Crippen LogP contribution < -0.4 is 0 Å². The van der Waals surface area contributed by atoms with Crippen LogP contribution in [0.15, 0.2) is 46.0 Å². The number of non-ortho nitro benzene ring substituents is 1. The van der Waals surface area contributed by atoms with E-state index in [4.69, 9.17) is 0 Å². The molecule has 11 heteroatoms. The number of nitro groups is 1. The van der Waals surface area contributed by atoms with E-state index < -0.39 is 29.1 Å². The van der Waals surface area contributed by atoms with Crippen molar-refractivity contribution in [3.05, 3.63) is 46.0 Å². The third kappa shape index (κ3) is 3.98. The molecule has 1 aromatic carbocycles. The van der Waals surface area contributed by atoms with E-state index in [0.29, 0.717) is 5.57 Å². The molecule has 2 atom stereocenters. The van der Waals surface area contributed by atoms with E-state index in [2.05, 4.69) is 41.3 Å². The van der Waals surface area contributed by atoms with Crippen molar-refractivity contribution in [1.82, 2.24) is 0 Å². The first-order chi connectivity index (χ1) is 11.5. The smallest absolute Gasteiger partial charge is 0.293 e. The molecule has 0 spiro atoms. The molecule has 1 aliphatic rings. The van der Waals surface area contributed by atoms with E-state index in [1.54, 1.807) is 13.8 Å². The van der Waals surface area contributed by atoms with Gasteiger partial charge in [-0.15, -0.1) is 0 Å². The second-order valence-electron chi connectivity index (χ2n) is 5.39. The molecule has 134 valence electrons. The van der Waals surface area contributed by atoms with Gasteiger partial charge in [0.05, 0.1) is 15.5 Å². The van der Waals surface area contributed by atoms with Gasteiger partial charge in [0, 0.05) is 12.1 Å². The lowest BCUT2D eigenvalue weighted by Crippen LogP contribution is -2.45. The summed E-state index contributed by atoms with van der Waals surface area (Å²) in [4.78, 5) is 21.1. The third-order valence-electron chi connectivity index (χ3n) is 3.46. The Morgan fingerprint density at radius 3 is 2.64 bits per heavy atom. The van der Waals surface area contributed by atoms with Gasteiger partial charge < -0.3 is 0 Å². The van der Waals surface area contributed by atoms with Crippen molar-refractivity contribution in [2.24, 2.45) is 5.16 Å². The lowest BCUT2D eigenvalue weighted by molar-refractivity contribution is -0.385. The van der Waals surface area contributed by atoms with Crippen LogP contribution in [-0.4, -0.2) is 34.0 Å². The Morgan fingerprint density at radius 2 is 2.04 bits per heavy atom. The fraction of sp³-hybridized carbons (Fsp3) is 0.286. The monoisotopic (exact) mass is 494 g/mol. The molecule has 2 rings (SSSR count). The number of hydrogen-bond donors (Lipinski definition) is 0. The lowest BCUT2D eigenvalue weighted by atomic mass is 9.88. The maximum absolute atomic E-state index is 12.2. The van der Waals surface area contributed by atoms with Gasteiger partial charge >= 0.3 is 10.1 Å². The van der Waals surface area contributed by atoms with E-state index in [1.807, 2.05) is 0 Å². The number of Topliss-reactive ketones (excluding diaryl/α,β-unsaturated/α-hetero) is 1. The highest BCUT2D eigenvalue weighted by molar-refractivity contribution is 9.13. The van der Waals surface area contributed by atoms with Crippen molar-refractivity contribution in [1.29, 1.82) is 0 Å². The van der Waals surface area contributed by atoms with Gasteiger partial charge in [-0.05, 0) is 31.6 Å². The first kappa shape index (κ1) is 19.7. The Balaban J connectivity index is 2.36. The van der Waals surface area contributed by atoms with E-state index in [0.717, 1.165) is 18.2 Å². The van der Waals surface area contributed by atoms with Gasteiger partial charge in [-0.25, -0.2) is 0 Å². The summed E-state index contributed by atoms with van der Waals surface area (Å²) in [7, 11) is -4.35. The van der Waals surface area contributed by atoms with Crippen LogP contribution in [0.1, 0.15) is 13.8 Å². The quantitative estimate of drug-likeness (QED) is 0.360. The molecule has 0 aromatic heterocycles. The predicted octanol–water partition coefficient (Wildman–Crippen LogP) is 3.10. The molecule has 0 radical (unpaired) electrons. The Labute approximate surface area is 160 Å². The fourth-order valence-electron chi connectivity index (χ4n) is 2.10. The number of oxime groups is 1. The number of nitro benzene ring substituents is 1. The summed E-state index contributed by atoms with van der Waals surface area (Å²) in [5, 5.41) is 14.4. The van der Waals surface area contributed by atoms with E-state index in [9.17, 15) is 23.3 Å². The lowest BCUT2D eigenvalue weighted by Gasteiger charge is -2.30. The summed E-state index contributed by atoms with van der Waals surface area (Å²) in [5.74, 6) is -0.171. The van der Waals surface area contributed by atoms with Crippen LogP contribution in [0.3, 0.4) is 0 Å². The van der Waals surface area contributed by atoms with Gasteiger partial charge in [0.25, 0.3) is 5.69 Å². The summed E-state index contributed by atoms with van der Waals surface area (Å²) >= 11 is 6.59. The van der Waals surface area contributed by atoms with Crippen LogP contribution in [-0.2, 0) is 19.2 Å². The molecule has 0 heterocycles. The number of benzene rings is 1. The van der Waals surface area contributed by atoms with Gasteiger partial charge in [0.15, 0.2) is 5.78 Å². The van der Waals surface area contributed by atoms with Crippen molar-refractivity contribution in [3.63, 3.8) is 0 Å².